The highest BCUT2D eigenvalue weighted by Gasteiger charge is 2.48. The third-order valence-electron chi connectivity index (χ3n) is 3.63. The molecule has 2 heterocycles. The van der Waals surface area contributed by atoms with E-state index in [1.165, 1.54) is 5.56 Å². The summed E-state index contributed by atoms with van der Waals surface area (Å²) in [5.41, 5.74) is 0.867. The average molecular weight is 254 g/mol. The molecule has 2 unspecified atom stereocenters. The van der Waals surface area contributed by atoms with Crippen molar-refractivity contribution in [2.45, 2.75) is 57.8 Å². The Morgan fingerprint density at radius 3 is 2.65 bits per heavy atom. The van der Waals surface area contributed by atoms with Gasteiger partial charge in [-0.15, -0.1) is 0 Å². The van der Waals surface area contributed by atoms with Crippen LogP contribution >= 0.6 is 11.3 Å². The molecular weight excluding hydrogens is 232 g/mol. The molecule has 0 aliphatic carbocycles. The molecule has 2 atom stereocenters. The Morgan fingerprint density at radius 2 is 2.18 bits per heavy atom. The Labute approximate surface area is 108 Å². The van der Waals surface area contributed by atoms with Gasteiger partial charge in [-0.2, -0.15) is 11.3 Å². The minimum atomic E-state index is -0.318. The molecule has 1 aromatic rings. The molecule has 0 spiro atoms. The highest BCUT2D eigenvalue weighted by atomic mass is 32.1. The standard InChI is InChI=1S/C14H22O2S/c1-13(2)8-11(14(3,4)16-13)12(15)7-10-5-6-17-9-10/h5-6,9,11-12,15H,7-8H2,1-4H3. The number of rotatable bonds is 3. The lowest BCUT2D eigenvalue weighted by molar-refractivity contribution is -0.0873. The van der Waals surface area contributed by atoms with Crippen molar-refractivity contribution in [3.05, 3.63) is 22.4 Å². The SMILES string of the molecule is CC1(C)CC(C(O)Cc2ccsc2)C(C)(C)O1. The number of ether oxygens (including phenoxy) is 1. The van der Waals surface area contributed by atoms with Gasteiger partial charge in [-0.25, -0.2) is 0 Å². The molecular formula is C14H22O2S. The molecule has 1 N–H and O–H groups in total. The van der Waals surface area contributed by atoms with E-state index in [9.17, 15) is 5.11 Å². The zero-order valence-electron chi connectivity index (χ0n) is 11.1. The average Bonchev–Trinajstić information content (AvgIpc) is 2.71. The maximum absolute atomic E-state index is 10.4. The van der Waals surface area contributed by atoms with Crippen LogP contribution in [0, 0.1) is 5.92 Å². The quantitative estimate of drug-likeness (QED) is 0.897. The minimum Gasteiger partial charge on any atom is -0.392 e. The van der Waals surface area contributed by atoms with Gasteiger partial charge in [-0.05, 0) is 62.9 Å². The first-order valence-corrected chi connectivity index (χ1v) is 7.14. The lowest BCUT2D eigenvalue weighted by Crippen LogP contribution is -2.37. The van der Waals surface area contributed by atoms with Gasteiger partial charge in [0, 0.05) is 5.92 Å². The summed E-state index contributed by atoms with van der Waals surface area (Å²) in [6, 6.07) is 2.09. The summed E-state index contributed by atoms with van der Waals surface area (Å²) in [7, 11) is 0. The van der Waals surface area contributed by atoms with Crippen LogP contribution < -0.4 is 0 Å². The van der Waals surface area contributed by atoms with Gasteiger partial charge in [-0.1, -0.05) is 0 Å². The molecule has 1 aromatic heterocycles. The van der Waals surface area contributed by atoms with E-state index < -0.39 is 0 Å². The van der Waals surface area contributed by atoms with Gasteiger partial charge in [0.15, 0.2) is 0 Å². The molecule has 0 bridgehead atoms. The molecule has 0 amide bonds. The van der Waals surface area contributed by atoms with Gasteiger partial charge in [0.25, 0.3) is 0 Å². The normalized spacial score (nSPS) is 28.2. The monoisotopic (exact) mass is 254 g/mol. The van der Waals surface area contributed by atoms with Gasteiger partial charge in [-0.3, -0.25) is 0 Å². The first kappa shape index (κ1) is 13.1. The van der Waals surface area contributed by atoms with Gasteiger partial charge >= 0.3 is 0 Å². The Bertz CT molecular complexity index is 368. The molecule has 1 aliphatic heterocycles. The van der Waals surface area contributed by atoms with Crippen LogP contribution in [0.25, 0.3) is 0 Å². The highest BCUT2D eigenvalue weighted by Crippen LogP contribution is 2.44. The van der Waals surface area contributed by atoms with Crippen LogP contribution in [0.2, 0.25) is 0 Å². The Hall–Kier alpha value is -0.380. The van der Waals surface area contributed by atoms with E-state index in [-0.39, 0.29) is 23.2 Å². The third-order valence-corrected chi connectivity index (χ3v) is 4.37. The van der Waals surface area contributed by atoms with Crippen molar-refractivity contribution in [3.8, 4) is 0 Å². The molecule has 1 fully saturated rings. The fourth-order valence-corrected chi connectivity index (χ4v) is 3.68. The van der Waals surface area contributed by atoms with E-state index in [4.69, 9.17) is 4.74 Å². The van der Waals surface area contributed by atoms with E-state index in [0.29, 0.717) is 0 Å². The van der Waals surface area contributed by atoms with Crippen LogP contribution in [0.15, 0.2) is 16.8 Å². The number of aliphatic hydroxyl groups excluding tert-OH is 1. The van der Waals surface area contributed by atoms with E-state index in [1.807, 2.05) is 0 Å². The maximum Gasteiger partial charge on any atom is 0.0687 e. The van der Waals surface area contributed by atoms with E-state index in [1.54, 1.807) is 11.3 Å². The van der Waals surface area contributed by atoms with Crippen LogP contribution in [0.1, 0.15) is 39.7 Å². The van der Waals surface area contributed by atoms with Crippen LogP contribution in [0.4, 0.5) is 0 Å². The number of hydrogen-bond acceptors (Lipinski definition) is 3. The topological polar surface area (TPSA) is 29.5 Å². The molecule has 96 valence electrons. The summed E-state index contributed by atoms with van der Waals surface area (Å²) < 4.78 is 6.03. The summed E-state index contributed by atoms with van der Waals surface area (Å²) in [5.74, 6) is 0.206. The molecule has 0 aromatic carbocycles. The predicted octanol–water partition coefficient (Wildman–Crippen LogP) is 3.25. The molecule has 2 rings (SSSR count). The molecule has 2 nitrogen and oxygen atoms in total. The van der Waals surface area contributed by atoms with Gasteiger partial charge in [0.05, 0.1) is 17.3 Å². The smallest absolute Gasteiger partial charge is 0.0687 e. The summed E-state index contributed by atoms with van der Waals surface area (Å²) in [6.45, 7) is 8.38. The van der Waals surface area contributed by atoms with Gasteiger partial charge < -0.3 is 9.84 Å². The van der Waals surface area contributed by atoms with Crippen molar-refractivity contribution in [1.29, 1.82) is 0 Å². The molecule has 1 aliphatic rings. The first-order valence-electron chi connectivity index (χ1n) is 6.19. The second-order valence-corrected chi connectivity index (χ2v) is 6.96. The Morgan fingerprint density at radius 1 is 1.47 bits per heavy atom. The summed E-state index contributed by atoms with van der Waals surface area (Å²) in [5, 5.41) is 14.6. The van der Waals surface area contributed by atoms with Crippen LogP contribution in [-0.2, 0) is 11.2 Å². The Kier molecular flexibility index (Phi) is 3.36. The van der Waals surface area contributed by atoms with Crippen molar-refractivity contribution in [3.63, 3.8) is 0 Å². The van der Waals surface area contributed by atoms with E-state index >= 15 is 0 Å². The largest absolute Gasteiger partial charge is 0.392 e. The third kappa shape index (κ3) is 2.90. The molecule has 0 saturated carbocycles. The fraction of sp³-hybridized carbons (Fsp3) is 0.714. The van der Waals surface area contributed by atoms with Crippen LogP contribution in [0.3, 0.4) is 0 Å². The zero-order chi connectivity index (χ0) is 12.7. The maximum atomic E-state index is 10.4. The lowest BCUT2D eigenvalue weighted by atomic mass is 9.81. The van der Waals surface area contributed by atoms with Crippen molar-refractivity contribution in [1.82, 2.24) is 0 Å². The van der Waals surface area contributed by atoms with Crippen molar-refractivity contribution >= 4 is 11.3 Å². The van der Waals surface area contributed by atoms with Crippen LogP contribution in [0.5, 0.6) is 0 Å². The predicted molar refractivity (Wildman–Crippen MR) is 71.4 cm³/mol. The van der Waals surface area contributed by atoms with E-state index in [0.717, 1.165) is 12.8 Å². The molecule has 3 heteroatoms. The van der Waals surface area contributed by atoms with Crippen molar-refractivity contribution in [2.24, 2.45) is 5.92 Å². The highest BCUT2D eigenvalue weighted by molar-refractivity contribution is 7.07. The summed E-state index contributed by atoms with van der Waals surface area (Å²) in [4.78, 5) is 0. The first-order chi connectivity index (χ1) is 7.80. The summed E-state index contributed by atoms with van der Waals surface area (Å²) >= 11 is 1.68. The Balaban J connectivity index is 2.07. The van der Waals surface area contributed by atoms with E-state index in [2.05, 4.69) is 44.5 Å². The van der Waals surface area contributed by atoms with Gasteiger partial charge in [0.1, 0.15) is 0 Å². The number of hydrogen-bond donors (Lipinski definition) is 1. The second kappa shape index (κ2) is 4.38. The molecule has 1 saturated heterocycles. The van der Waals surface area contributed by atoms with Crippen molar-refractivity contribution < 1.29 is 9.84 Å². The minimum absolute atomic E-state index is 0.121. The van der Waals surface area contributed by atoms with Crippen LogP contribution in [-0.4, -0.2) is 22.4 Å². The summed E-state index contributed by atoms with van der Waals surface area (Å²) in [6.07, 6.45) is 1.34. The lowest BCUT2D eigenvalue weighted by Gasteiger charge is -2.30. The number of thiophene rings is 1. The molecule has 0 radical (unpaired) electrons. The fourth-order valence-electron chi connectivity index (χ4n) is 3.00. The number of aliphatic hydroxyl groups is 1. The van der Waals surface area contributed by atoms with Gasteiger partial charge in [0.2, 0.25) is 0 Å². The second-order valence-electron chi connectivity index (χ2n) is 6.18. The molecule has 17 heavy (non-hydrogen) atoms. The zero-order valence-corrected chi connectivity index (χ0v) is 11.9. The van der Waals surface area contributed by atoms with Crippen molar-refractivity contribution in [2.75, 3.05) is 0 Å².